The van der Waals surface area contributed by atoms with Crippen molar-refractivity contribution >= 4 is 15.8 Å². The lowest BCUT2D eigenvalue weighted by Crippen LogP contribution is -2.37. The number of hydrogen-bond donors (Lipinski definition) is 2. The highest BCUT2D eigenvalue weighted by atomic mass is 32.2. The zero-order chi connectivity index (χ0) is 20.1. The monoisotopic (exact) mass is 402 g/mol. The molecule has 0 radical (unpaired) electrons. The van der Waals surface area contributed by atoms with Gasteiger partial charge in [0.2, 0.25) is 0 Å². The fourth-order valence-electron chi connectivity index (χ4n) is 3.50. The Bertz CT molecular complexity index is 852. The van der Waals surface area contributed by atoms with Crippen LogP contribution in [0.5, 0.6) is 5.75 Å². The number of carbonyl (C=O) groups is 1. The lowest BCUT2D eigenvalue weighted by molar-refractivity contribution is 0.0713. The number of thiol groups is 1. The van der Waals surface area contributed by atoms with Crippen LogP contribution in [0.1, 0.15) is 40.2 Å². The van der Waals surface area contributed by atoms with Gasteiger partial charge in [0.25, 0.3) is 5.91 Å². The van der Waals surface area contributed by atoms with E-state index in [-0.39, 0.29) is 11.8 Å². The van der Waals surface area contributed by atoms with Gasteiger partial charge in [0, 0.05) is 25.2 Å². The molecule has 0 aromatic heterocycles. The first-order valence-electron chi connectivity index (χ1n) is 9.71. The van der Waals surface area contributed by atoms with Crippen molar-refractivity contribution in [2.75, 3.05) is 31.5 Å². The number of benzene rings is 2. The Morgan fingerprint density at radius 2 is 1.82 bits per heavy atom. The Morgan fingerprint density at radius 1 is 1.14 bits per heavy atom. The van der Waals surface area contributed by atoms with Crippen LogP contribution >= 0.6 is 0 Å². The van der Waals surface area contributed by atoms with Crippen molar-refractivity contribution < 1.29 is 13.7 Å². The number of piperidine rings is 1. The molecule has 0 spiro atoms. The molecule has 1 aliphatic rings. The number of likely N-dealkylation sites (tertiary alicyclic amines) is 1. The average molecular weight is 403 g/mol. The number of hydrogen-bond acceptors (Lipinski definition) is 4. The van der Waals surface area contributed by atoms with Crippen LogP contribution in [0.15, 0.2) is 48.5 Å². The largest absolute Gasteiger partial charge is 0.482 e. The maximum atomic E-state index is 12.8. The molecule has 1 aliphatic heterocycles. The van der Waals surface area contributed by atoms with Gasteiger partial charge in [0.05, 0.1) is 0 Å². The lowest BCUT2D eigenvalue weighted by atomic mass is 9.88. The van der Waals surface area contributed by atoms with E-state index in [4.69, 9.17) is 10.5 Å². The highest BCUT2D eigenvalue weighted by Gasteiger charge is 2.24. The molecule has 5 nitrogen and oxygen atoms in total. The Labute approximate surface area is 168 Å². The van der Waals surface area contributed by atoms with Gasteiger partial charge in [-0.3, -0.25) is 9.00 Å². The van der Waals surface area contributed by atoms with Crippen LogP contribution in [0.2, 0.25) is 0 Å². The van der Waals surface area contributed by atoms with Crippen molar-refractivity contribution in [3.8, 4) is 5.75 Å². The summed E-state index contributed by atoms with van der Waals surface area (Å²) in [5.74, 6) is 1.38. The maximum Gasteiger partial charge on any atom is 0.253 e. The Kier molecular flexibility index (Phi) is 6.52. The number of nitrogens with two attached hydrogens (primary N) is 1. The minimum Gasteiger partial charge on any atom is -0.482 e. The van der Waals surface area contributed by atoms with E-state index in [0.717, 1.165) is 31.5 Å². The van der Waals surface area contributed by atoms with Crippen molar-refractivity contribution in [2.24, 2.45) is 5.73 Å². The molecule has 152 valence electrons. The number of nitrogens with zero attached hydrogens (tertiary/aromatic N) is 1. The zero-order valence-corrected chi connectivity index (χ0v) is 17.5. The molecular formula is C22H30N2O3S. The number of rotatable bonds is 6. The van der Waals surface area contributed by atoms with Gasteiger partial charge in [-0.2, -0.15) is 0 Å². The van der Waals surface area contributed by atoms with Crippen LogP contribution in [-0.4, -0.2) is 46.6 Å². The summed E-state index contributed by atoms with van der Waals surface area (Å²) in [6.45, 7) is 2.06. The van der Waals surface area contributed by atoms with E-state index >= 15 is 0 Å². The summed E-state index contributed by atoms with van der Waals surface area (Å²) in [7, 11) is -2.23. The van der Waals surface area contributed by atoms with Gasteiger partial charge in [-0.25, -0.2) is 0 Å². The van der Waals surface area contributed by atoms with E-state index in [0.29, 0.717) is 23.8 Å². The fraction of sp³-hybridized carbons (Fsp3) is 0.409. The first kappa shape index (κ1) is 20.6. The molecule has 0 aliphatic carbocycles. The minimum atomic E-state index is -2.23. The lowest BCUT2D eigenvalue weighted by Gasteiger charge is -2.32. The van der Waals surface area contributed by atoms with Gasteiger partial charge >= 0.3 is 0 Å². The molecule has 3 rings (SSSR count). The van der Waals surface area contributed by atoms with Crippen molar-refractivity contribution in [3.05, 3.63) is 65.2 Å². The first-order valence-corrected chi connectivity index (χ1v) is 12.5. The van der Waals surface area contributed by atoms with Crippen LogP contribution < -0.4 is 10.5 Å². The predicted octanol–water partition coefficient (Wildman–Crippen LogP) is 2.78. The third kappa shape index (κ3) is 5.42. The molecular weight excluding hydrogens is 372 g/mol. The van der Waals surface area contributed by atoms with Crippen LogP contribution in [0.4, 0.5) is 0 Å². The van der Waals surface area contributed by atoms with Gasteiger partial charge in [0.15, 0.2) is 0 Å². The molecule has 2 aromatic rings. The van der Waals surface area contributed by atoms with Gasteiger partial charge in [0.1, 0.15) is 11.7 Å². The molecule has 0 atom stereocenters. The van der Waals surface area contributed by atoms with Gasteiger partial charge < -0.3 is 15.4 Å². The highest BCUT2D eigenvalue weighted by Crippen LogP contribution is 2.29. The van der Waals surface area contributed by atoms with E-state index in [1.807, 2.05) is 4.90 Å². The Morgan fingerprint density at radius 3 is 2.43 bits per heavy atom. The third-order valence-corrected chi connectivity index (χ3v) is 5.83. The quantitative estimate of drug-likeness (QED) is 0.729. The highest BCUT2D eigenvalue weighted by molar-refractivity contribution is 8.01. The predicted molar refractivity (Wildman–Crippen MR) is 116 cm³/mol. The smallest absolute Gasteiger partial charge is 0.253 e. The summed E-state index contributed by atoms with van der Waals surface area (Å²) >= 11 is 0. The van der Waals surface area contributed by atoms with E-state index in [9.17, 15) is 9.00 Å². The zero-order valence-electron chi connectivity index (χ0n) is 16.6. The second-order valence-electron chi connectivity index (χ2n) is 7.89. The van der Waals surface area contributed by atoms with Crippen molar-refractivity contribution in [2.45, 2.75) is 25.3 Å². The van der Waals surface area contributed by atoms with E-state index in [2.05, 4.69) is 24.3 Å². The maximum absolute atomic E-state index is 12.8. The summed E-state index contributed by atoms with van der Waals surface area (Å²) in [5, 5.41) is 0. The summed E-state index contributed by atoms with van der Waals surface area (Å²) < 4.78 is 17.3. The molecule has 28 heavy (non-hydrogen) atoms. The average Bonchev–Trinajstić information content (AvgIpc) is 2.72. The molecule has 2 aromatic carbocycles. The van der Waals surface area contributed by atoms with Gasteiger partial charge in [-0.05, 0) is 66.7 Å². The minimum absolute atomic E-state index is 0.0531. The number of amides is 1. The molecule has 1 heterocycles. The van der Waals surface area contributed by atoms with Crippen LogP contribution in [0.3, 0.4) is 0 Å². The van der Waals surface area contributed by atoms with Crippen LogP contribution in [-0.2, 0) is 16.5 Å². The molecule has 2 N–H and O–H groups in total. The van der Waals surface area contributed by atoms with Crippen LogP contribution in [0.25, 0.3) is 0 Å². The second-order valence-corrected chi connectivity index (χ2v) is 11.3. The number of carbonyl (C=O) groups excluding carboxylic acids is 1. The summed E-state index contributed by atoms with van der Waals surface area (Å²) in [6, 6.07) is 15.6. The van der Waals surface area contributed by atoms with Crippen molar-refractivity contribution in [1.29, 1.82) is 0 Å². The van der Waals surface area contributed by atoms with E-state index in [1.54, 1.807) is 36.8 Å². The molecule has 0 saturated carbocycles. The van der Waals surface area contributed by atoms with Crippen molar-refractivity contribution in [1.82, 2.24) is 4.90 Å². The summed E-state index contributed by atoms with van der Waals surface area (Å²) in [5.41, 5.74) is 8.88. The van der Waals surface area contributed by atoms with Crippen LogP contribution in [0, 0.1) is 0 Å². The number of ether oxygens (including phenoxy) is 1. The summed E-state index contributed by atoms with van der Waals surface area (Å²) in [6.07, 6.45) is 5.31. The van der Waals surface area contributed by atoms with E-state index < -0.39 is 9.93 Å². The molecule has 6 heteroatoms. The molecule has 1 saturated heterocycles. The van der Waals surface area contributed by atoms with E-state index in [1.165, 1.54) is 5.56 Å². The molecule has 0 unspecified atom stereocenters. The first-order chi connectivity index (χ1) is 13.4. The normalized spacial score (nSPS) is 16.0. The second kappa shape index (κ2) is 8.88. The summed E-state index contributed by atoms with van der Waals surface area (Å²) in [4.78, 5) is 14.7. The SMILES string of the molecule is C[SH](C)(=O)COc1ccc(C(=O)N2CCC(c3cccc(CN)c3)CC2)cc1. The fourth-order valence-corrected chi connectivity index (χ4v) is 3.96. The molecule has 0 bridgehead atoms. The molecule has 1 amide bonds. The molecule has 1 fully saturated rings. The third-order valence-electron chi connectivity index (χ3n) is 5.08. The van der Waals surface area contributed by atoms with Gasteiger partial charge in [-0.1, -0.05) is 34.2 Å². The van der Waals surface area contributed by atoms with Gasteiger partial charge in [-0.15, -0.1) is 0 Å². The Hall–Kier alpha value is -2.18. The Balaban J connectivity index is 1.56. The van der Waals surface area contributed by atoms with Crippen molar-refractivity contribution in [3.63, 3.8) is 0 Å². The standard InChI is InChI=1S/C22H30N2O3S/c1-28(2,26)16-27-21-8-6-19(7-9-21)22(25)24-12-10-18(11-13-24)20-5-3-4-17(14-20)15-23/h3-9,14,18,28H,10-13,15-16,23H2,1-2H3. The topological polar surface area (TPSA) is 72.6 Å².